The van der Waals surface area contributed by atoms with E-state index in [9.17, 15) is 14.9 Å². The van der Waals surface area contributed by atoms with Crippen molar-refractivity contribution in [2.75, 3.05) is 25.5 Å². The summed E-state index contributed by atoms with van der Waals surface area (Å²) >= 11 is 0. The first-order valence-corrected chi connectivity index (χ1v) is 6.47. The predicted molar refractivity (Wildman–Crippen MR) is 73.4 cm³/mol. The summed E-state index contributed by atoms with van der Waals surface area (Å²) in [6.45, 7) is 3.39. The van der Waals surface area contributed by atoms with Crippen LogP contribution >= 0.6 is 0 Å². The second-order valence-electron chi connectivity index (χ2n) is 4.63. The fourth-order valence-corrected chi connectivity index (χ4v) is 2.31. The Labute approximate surface area is 116 Å². The van der Waals surface area contributed by atoms with Crippen molar-refractivity contribution in [1.82, 2.24) is 4.90 Å². The average molecular weight is 279 g/mol. The summed E-state index contributed by atoms with van der Waals surface area (Å²) in [5.74, 6) is -0.277. The lowest BCUT2D eigenvalue weighted by Gasteiger charge is -2.35. The van der Waals surface area contributed by atoms with Crippen molar-refractivity contribution in [3.8, 4) is 0 Å². The highest BCUT2D eigenvalue weighted by molar-refractivity contribution is 6.01. The number of amides is 1. The van der Waals surface area contributed by atoms with E-state index in [2.05, 4.69) is 0 Å². The second-order valence-corrected chi connectivity index (χ2v) is 4.63. The van der Waals surface area contributed by atoms with Gasteiger partial charge in [0.15, 0.2) is 0 Å². The molecule has 1 saturated heterocycles. The molecular formula is C13H17N3O4. The highest BCUT2D eigenvalue weighted by Crippen LogP contribution is 2.27. The molecule has 1 atom stereocenters. The number of para-hydroxylation sites is 1. The first kappa shape index (κ1) is 14.3. The monoisotopic (exact) mass is 279 g/mol. The first-order valence-electron chi connectivity index (χ1n) is 6.47. The van der Waals surface area contributed by atoms with Crippen LogP contribution in [-0.4, -0.2) is 41.5 Å². The van der Waals surface area contributed by atoms with Gasteiger partial charge in [0.1, 0.15) is 5.69 Å². The summed E-state index contributed by atoms with van der Waals surface area (Å²) in [7, 11) is 0. The summed E-state index contributed by atoms with van der Waals surface area (Å²) in [6.07, 6.45) is 0.764. The Bertz CT molecular complexity index is 532. The van der Waals surface area contributed by atoms with Gasteiger partial charge in [0.05, 0.1) is 29.7 Å². The van der Waals surface area contributed by atoms with E-state index in [0.717, 1.165) is 6.42 Å². The molecule has 0 radical (unpaired) electrons. The van der Waals surface area contributed by atoms with Gasteiger partial charge in [-0.05, 0) is 12.5 Å². The topological polar surface area (TPSA) is 98.7 Å². The van der Waals surface area contributed by atoms with Crippen LogP contribution < -0.4 is 5.73 Å². The molecule has 1 unspecified atom stereocenters. The SMILES string of the molecule is CCC1COCCN1C(=O)c1cccc([N+](=O)[O-])c1N. The Kier molecular flexibility index (Phi) is 4.19. The summed E-state index contributed by atoms with van der Waals surface area (Å²) in [5, 5.41) is 10.9. The normalized spacial score (nSPS) is 18.9. The molecule has 0 spiro atoms. The van der Waals surface area contributed by atoms with Gasteiger partial charge in [-0.3, -0.25) is 14.9 Å². The van der Waals surface area contributed by atoms with Crippen molar-refractivity contribution in [3.63, 3.8) is 0 Å². The molecule has 1 amide bonds. The molecule has 7 nitrogen and oxygen atoms in total. The minimum atomic E-state index is -0.581. The van der Waals surface area contributed by atoms with Gasteiger partial charge < -0.3 is 15.4 Å². The Morgan fingerprint density at radius 1 is 1.60 bits per heavy atom. The molecule has 1 aliphatic rings. The number of nitrogen functional groups attached to an aromatic ring is 1. The van der Waals surface area contributed by atoms with Crippen molar-refractivity contribution in [1.29, 1.82) is 0 Å². The lowest BCUT2D eigenvalue weighted by atomic mass is 10.1. The standard InChI is InChI=1S/C13H17N3O4/c1-2-9-8-20-7-6-15(9)13(17)10-4-3-5-11(12(10)14)16(18)19/h3-5,9H,2,6-8,14H2,1H3. The lowest BCUT2D eigenvalue weighted by molar-refractivity contribution is -0.383. The third-order valence-electron chi connectivity index (χ3n) is 3.47. The lowest BCUT2D eigenvalue weighted by Crippen LogP contribution is -2.48. The van der Waals surface area contributed by atoms with Crippen LogP contribution in [0.1, 0.15) is 23.7 Å². The highest BCUT2D eigenvalue weighted by atomic mass is 16.6. The quantitative estimate of drug-likeness (QED) is 0.512. The average Bonchev–Trinajstić information content (AvgIpc) is 2.46. The third kappa shape index (κ3) is 2.57. The summed E-state index contributed by atoms with van der Waals surface area (Å²) in [6, 6.07) is 4.27. The van der Waals surface area contributed by atoms with Crippen molar-refractivity contribution < 1.29 is 14.5 Å². The van der Waals surface area contributed by atoms with Gasteiger partial charge >= 0.3 is 0 Å². The molecule has 7 heteroatoms. The van der Waals surface area contributed by atoms with Crippen molar-refractivity contribution in [2.24, 2.45) is 0 Å². The van der Waals surface area contributed by atoms with E-state index in [0.29, 0.717) is 19.8 Å². The van der Waals surface area contributed by atoms with E-state index in [1.807, 2.05) is 6.92 Å². The van der Waals surface area contributed by atoms with Gasteiger partial charge in [0.25, 0.3) is 11.6 Å². The number of nitro benzene ring substituents is 1. The Hall–Kier alpha value is -2.15. The van der Waals surface area contributed by atoms with Crippen molar-refractivity contribution >= 4 is 17.3 Å². The summed E-state index contributed by atoms with van der Waals surface area (Å²) in [5.41, 5.74) is 5.62. The molecule has 0 aliphatic carbocycles. The van der Waals surface area contributed by atoms with Crippen LogP contribution in [0.3, 0.4) is 0 Å². The molecule has 1 aliphatic heterocycles. The van der Waals surface area contributed by atoms with E-state index < -0.39 is 4.92 Å². The smallest absolute Gasteiger partial charge is 0.292 e. The minimum absolute atomic E-state index is 0.0186. The Morgan fingerprint density at radius 3 is 3.00 bits per heavy atom. The number of nitrogens with two attached hydrogens (primary N) is 1. The molecule has 1 aromatic rings. The summed E-state index contributed by atoms with van der Waals surface area (Å²) in [4.78, 5) is 24.5. The zero-order valence-electron chi connectivity index (χ0n) is 11.2. The number of hydrogen-bond acceptors (Lipinski definition) is 5. The Balaban J connectivity index is 2.33. The van der Waals surface area contributed by atoms with Gasteiger partial charge in [-0.2, -0.15) is 0 Å². The molecule has 1 heterocycles. The van der Waals surface area contributed by atoms with E-state index in [4.69, 9.17) is 10.5 Å². The van der Waals surface area contributed by atoms with Gasteiger partial charge in [0, 0.05) is 12.6 Å². The third-order valence-corrected chi connectivity index (χ3v) is 3.47. The maximum absolute atomic E-state index is 12.5. The molecule has 0 aromatic heterocycles. The van der Waals surface area contributed by atoms with Crippen LogP contribution in [0.2, 0.25) is 0 Å². The van der Waals surface area contributed by atoms with Crippen LogP contribution in [0.5, 0.6) is 0 Å². The molecule has 108 valence electrons. The van der Waals surface area contributed by atoms with E-state index in [1.54, 1.807) is 4.90 Å². The van der Waals surface area contributed by atoms with Crippen molar-refractivity contribution in [3.05, 3.63) is 33.9 Å². The number of morpholine rings is 1. The number of nitrogens with zero attached hydrogens (tertiary/aromatic N) is 2. The van der Waals surface area contributed by atoms with E-state index in [1.165, 1.54) is 18.2 Å². The largest absolute Gasteiger partial charge is 0.393 e. The van der Waals surface area contributed by atoms with Crippen LogP contribution in [0.15, 0.2) is 18.2 Å². The molecule has 1 aromatic carbocycles. The van der Waals surface area contributed by atoms with Crippen LogP contribution in [0, 0.1) is 10.1 Å². The van der Waals surface area contributed by atoms with Crippen LogP contribution in [0.25, 0.3) is 0 Å². The van der Waals surface area contributed by atoms with Gasteiger partial charge in [-0.25, -0.2) is 0 Å². The number of benzene rings is 1. The maximum atomic E-state index is 12.5. The number of hydrogen-bond donors (Lipinski definition) is 1. The molecule has 1 fully saturated rings. The first-order chi connectivity index (χ1) is 9.56. The number of carbonyl (C=O) groups is 1. The molecule has 2 N–H and O–H groups in total. The molecular weight excluding hydrogens is 262 g/mol. The van der Waals surface area contributed by atoms with Gasteiger partial charge in [-0.1, -0.05) is 13.0 Å². The highest BCUT2D eigenvalue weighted by Gasteiger charge is 2.29. The number of anilines is 1. The summed E-state index contributed by atoms with van der Waals surface area (Å²) < 4.78 is 5.35. The van der Waals surface area contributed by atoms with Gasteiger partial charge in [0.2, 0.25) is 0 Å². The van der Waals surface area contributed by atoms with Gasteiger partial charge in [-0.15, -0.1) is 0 Å². The van der Waals surface area contributed by atoms with Crippen LogP contribution in [0.4, 0.5) is 11.4 Å². The number of ether oxygens (including phenoxy) is 1. The van der Waals surface area contributed by atoms with Crippen LogP contribution in [-0.2, 0) is 4.74 Å². The maximum Gasteiger partial charge on any atom is 0.292 e. The zero-order valence-corrected chi connectivity index (χ0v) is 11.2. The zero-order chi connectivity index (χ0) is 14.7. The molecule has 20 heavy (non-hydrogen) atoms. The molecule has 0 saturated carbocycles. The fourth-order valence-electron chi connectivity index (χ4n) is 2.31. The fraction of sp³-hybridized carbons (Fsp3) is 0.462. The number of rotatable bonds is 3. The minimum Gasteiger partial charge on any atom is -0.393 e. The Morgan fingerprint density at radius 2 is 2.35 bits per heavy atom. The number of carbonyl (C=O) groups excluding carboxylic acids is 1. The predicted octanol–water partition coefficient (Wildman–Crippen LogP) is 1.43. The molecule has 0 bridgehead atoms. The van der Waals surface area contributed by atoms with Crippen molar-refractivity contribution in [2.45, 2.75) is 19.4 Å². The second kappa shape index (κ2) is 5.87. The van der Waals surface area contributed by atoms with E-state index in [-0.39, 0.29) is 28.9 Å². The molecule has 2 rings (SSSR count). The number of nitro groups is 1. The van der Waals surface area contributed by atoms with E-state index >= 15 is 0 Å².